The number of anilines is 1. The summed E-state index contributed by atoms with van der Waals surface area (Å²) in [6, 6.07) is 11.5. The largest absolute Gasteiger partial charge is 0.530 e. The Morgan fingerprint density at radius 3 is 2.67 bits per heavy atom. The molecule has 0 radical (unpaired) electrons. The van der Waals surface area contributed by atoms with Crippen LogP contribution in [0.1, 0.15) is 5.56 Å². The van der Waals surface area contributed by atoms with E-state index in [1.165, 1.54) is 0 Å². The highest BCUT2D eigenvalue weighted by molar-refractivity contribution is 6.00. The Labute approximate surface area is 87.3 Å². The lowest BCUT2D eigenvalue weighted by Gasteiger charge is -2.12. The Balaban J connectivity index is 2.68. The van der Waals surface area contributed by atoms with Crippen LogP contribution in [0.25, 0.3) is 10.8 Å². The zero-order valence-electron chi connectivity index (χ0n) is 8.28. The van der Waals surface area contributed by atoms with Crippen LogP contribution in [0.5, 0.6) is 0 Å². The van der Waals surface area contributed by atoms with E-state index < -0.39 is 6.09 Å². The summed E-state index contributed by atoms with van der Waals surface area (Å²) >= 11 is 0. The Morgan fingerprint density at radius 2 is 1.93 bits per heavy atom. The molecule has 0 aliphatic heterocycles. The van der Waals surface area contributed by atoms with Crippen LogP contribution in [0.4, 0.5) is 10.5 Å². The number of hydrogen-bond donors (Lipinski definition) is 1. The van der Waals surface area contributed by atoms with Crippen molar-refractivity contribution in [2.24, 2.45) is 0 Å². The molecular weight excluding hydrogens is 190 g/mol. The van der Waals surface area contributed by atoms with Crippen molar-refractivity contribution in [3.8, 4) is 0 Å². The van der Waals surface area contributed by atoms with Gasteiger partial charge < -0.3 is 15.2 Å². The van der Waals surface area contributed by atoms with Crippen molar-refractivity contribution < 1.29 is 9.90 Å². The highest BCUT2D eigenvalue weighted by Gasteiger charge is 2.03. The SMILES string of the molecule is Cc1ccc2ccccc2c1NC(=O)[O-]. The number of carbonyl (C=O) groups excluding carboxylic acids is 1. The van der Waals surface area contributed by atoms with Gasteiger partial charge in [0.15, 0.2) is 0 Å². The van der Waals surface area contributed by atoms with Crippen LogP contribution >= 0.6 is 0 Å². The molecular formula is C12H10NO2-. The molecule has 2 aromatic rings. The molecule has 0 aromatic heterocycles. The second-order valence-corrected chi connectivity index (χ2v) is 3.39. The molecule has 3 heteroatoms. The summed E-state index contributed by atoms with van der Waals surface area (Å²) < 4.78 is 0. The molecule has 0 fully saturated rings. The summed E-state index contributed by atoms with van der Waals surface area (Å²) in [5, 5.41) is 14.8. The Bertz CT molecular complexity index is 520. The molecule has 1 amide bonds. The molecule has 0 aliphatic rings. The lowest BCUT2D eigenvalue weighted by molar-refractivity contribution is -0.242. The number of nitrogens with one attached hydrogen (secondary N) is 1. The van der Waals surface area contributed by atoms with E-state index >= 15 is 0 Å². The van der Waals surface area contributed by atoms with Gasteiger partial charge in [0.1, 0.15) is 6.09 Å². The van der Waals surface area contributed by atoms with Gasteiger partial charge in [-0.1, -0.05) is 36.4 Å². The smallest absolute Gasteiger partial charge is 0.138 e. The van der Waals surface area contributed by atoms with Crippen molar-refractivity contribution in [3.05, 3.63) is 42.0 Å². The number of benzene rings is 2. The summed E-state index contributed by atoms with van der Waals surface area (Å²) in [6.45, 7) is 1.86. The van der Waals surface area contributed by atoms with Crippen molar-refractivity contribution in [1.29, 1.82) is 0 Å². The molecule has 0 saturated heterocycles. The van der Waals surface area contributed by atoms with Crippen LogP contribution in [-0.4, -0.2) is 6.09 Å². The third kappa shape index (κ3) is 1.76. The number of carbonyl (C=O) groups is 1. The molecule has 0 saturated carbocycles. The highest BCUT2D eigenvalue weighted by atomic mass is 16.4. The minimum absolute atomic E-state index is 0.605. The number of rotatable bonds is 1. The second-order valence-electron chi connectivity index (χ2n) is 3.39. The molecule has 0 aliphatic carbocycles. The number of fused-ring (bicyclic) bond motifs is 1. The number of amides is 1. The van der Waals surface area contributed by atoms with Gasteiger partial charge in [-0.2, -0.15) is 0 Å². The van der Waals surface area contributed by atoms with Gasteiger partial charge in [-0.15, -0.1) is 0 Å². The van der Waals surface area contributed by atoms with Gasteiger partial charge in [-0.3, -0.25) is 0 Å². The van der Waals surface area contributed by atoms with E-state index in [1.54, 1.807) is 0 Å². The van der Waals surface area contributed by atoms with Gasteiger partial charge in [-0.05, 0) is 17.9 Å². The summed E-state index contributed by atoms with van der Waals surface area (Å²) in [6.07, 6.45) is -1.28. The van der Waals surface area contributed by atoms with Gasteiger partial charge in [0.25, 0.3) is 0 Å². The van der Waals surface area contributed by atoms with Gasteiger partial charge in [0, 0.05) is 5.39 Å². The fourth-order valence-electron chi connectivity index (χ4n) is 1.65. The first-order valence-electron chi connectivity index (χ1n) is 4.65. The van der Waals surface area contributed by atoms with E-state index in [1.807, 2.05) is 43.3 Å². The minimum atomic E-state index is -1.28. The van der Waals surface area contributed by atoms with Gasteiger partial charge >= 0.3 is 0 Å². The predicted molar refractivity (Wildman–Crippen MR) is 57.7 cm³/mol. The van der Waals surface area contributed by atoms with Crippen molar-refractivity contribution in [3.63, 3.8) is 0 Å². The Kier molecular flexibility index (Phi) is 2.29. The van der Waals surface area contributed by atoms with Crippen molar-refractivity contribution in [1.82, 2.24) is 0 Å². The molecule has 0 spiro atoms. The summed E-state index contributed by atoms with van der Waals surface area (Å²) in [5.41, 5.74) is 1.49. The molecule has 2 aromatic carbocycles. The van der Waals surface area contributed by atoms with Crippen LogP contribution in [0.3, 0.4) is 0 Å². The summed E-state index contributed by atoms with van der Waals surface area (Å²) in [5.74, 6) is 0. The van der Waals surface area contributed by atoms with Crippen molar-refractivity contribution in [2.45, 2.75) is 6.92 Å². The van der Waals surface area contributed by atoms with Crippen LogP contribution < -0.4 is 10.4 Å². The Hall–Kier alpha value is -2.03. The first kappa shape index (κ1) is 9.52. The van der Waals surface area contributed by atoms with Gasteiger partial charge in [0.05, 0.1) is 5.69 Å². The topological polar surface area (TPSA) is 52.2 Å². The highest BCUT2D eigenvalue weighted by Crippen LogP contribution is 2.26. The first-order valence-corrected chi connectivity index (χ1v) is 4.65. The zero-order chi connectivity index (χ0) is 10.8. The molecule has 1 N–H and O–H groups in total. The second kappa shape index (κ2) is 3.61. The fourth-order valence-corrected chi connectivity index (χ4v) is 1.65. The van der Waals surface area contributed by atoms with E-state index in [-0.39, 0.29) is 0 Å². The maximum absolute atomic E-state index is 10.5. The average Bonchev–Trinajstić information content (AvgIpc) is 2.22. The molecule has 0 unspecified atom stereocenters. The molecule has 3 nitrogen and oxygen atoms in total. The standard InChI is InChI=1S/C12H11NO2/c1-8-6-7-9-4-2-3-5-10(9)11(8)13-12(14)15/h2-7,13H,1H3,(H,14,15)/p-1. The van der Waals surface area contributed by atoms with E-state index in [0.29, 0.717) is 5.69 Å². The zero-order valence-corrected chi connectivity index (χ0v) is 8.28. The van der Waals surface area contributed by atoms with Crippen LogP contribution in [0.2, 0.25) is 0 Å². The molecule has 0 bridgehead atoms. The van der Waals surface area contributed by atoms with E-state index in [9.17, 15) is 9.90 Å². The lowest BCUT2D eigenvalue weighted by atomic mass is 10.0. The van der Waals surface area contributed by atoms with Crippen LogP contribution in [0, 0.1) is 6.92 Å². The monoisotopic (exact) mass is 200 g/mol. The Morgan fingerprint density at radius 1 is 1.20 bits per heavy atom. The minimum Gasteiger partial charge on any atom is -0.530 e. The number of carboxylic acid groups (broad SMARTS) is 1. The molecule has 0 atom stereocenters. The van der Waals surface area contributed by atoms with E-state index in [2.05, 4.69) is 5.32 Å². The van der Waals surface area contributed by atoms with Gasteiger partial charge in [0.2, 0.25) is 0 Å². The maximum Gasteiger partial charge on any atom is 0.138 e. The van der Waals surface area contributed by atoms with Crippen LogP contribution in [-0.2, 0) is 0 Å². The number of aryl methyl sites for hydroxylation is 1. The molecule has 0 heterocycles. The average molecular weight is 200 g/mol. The molecule has 15 heavy (non-hydrogen) atoms. The van der Waals surface area contributed by atoms with Crippen molar-refractivity contribution >= 4 is 22.6 Å². The normalized spacial score (nSPS) is 10.2. The van der Waals surface area contributed by atoms with Crippen LogP contribution in [0.15, 0.2) is 36.4 Å². The fraction of sp³-hybridized carbons (Fsp3) is 0.0833. The van der Waals surface area contributed by atoms with E-state index in [4.69, 9.17) is 0 Å². The van der Waals surface area contributed by atoms with E-state index in [0.717, 1.165) is 16.3 Å². The third-order valence-corrected chi connectivity index (χ3v) is 2.36. The predicted octanol–water partition coefficient (Wildman–Crippen LogP) is 1.90. The quantitative estimate of drug-likeness (QED) is 0.764. The third-order valence-electron chi connectivity index (χ3n) is 2.36. The summed E-state index contributed by atoms with van der Waals surface area (Å²) in [4.78, 5) is 10.5. The first-order chi connectivity index (χ1) is 7.18. The lowest BCUT2D eigenvalue weighted by Crippen LogP contribution is -2.29. The molecule has 76 valence electrons. The van der Waals surface area contributed by atoms with Gasteiger partial charge in [-0.25, -0.2) is 0 Å². The number of hydrogen-bond acceptors (Lipinski definition) is 2. The van der Waals surface area contributed by atoms with Crippen molar-refractivity contribution in [2.75, 3.05) is 5.32 Å². The maximum atomic E-state index is 10.5. The summed E-state index contributed by atoms with van der Waals surface area (Å²) in [7, 11) is 0. The molecule has 2 rings (SSSR count).